The minimum Gasteiger partial charge on any atom is -0.387 e. The van der Waals surface area contributed by atoms with Crippen molar-refractivity contribution < 1.29 is 9.84 Å². The zero-order valence-electron chi connectivity index (χ0n) is 12.3. The predicted molar refractivity (Wildman–Crippen MR) is 79.0 cm³/mol. The Labute approximate surface area is 125 Å². The minimum atomic E-state index is -0.615. The molecule has 1 fully saturated rings. The number of likely N-dealkylation sites (N-methyl/N-ethyl adjacent to an activating group) is 1. The van der Waals surface area contributed by atoms with Crippen LogP contribution in [0.5, 0.6) is 0 Å². The fourth-order valence-corrected chi connectivity index (χ4v) is 2.80. The van der Waals surface area contributed by atoms with E-state index in [-0.39, 0.29) is 6.10 Å². The summed E-state index contributed by atoms with van der Waals surface area (Å²) < 4.78 is 7.49. The van der Waals surface area contributed by atoms with E-state index in [2.05, 4.69) is 10.00 Å². The Balaban J connectivity index is 2.00. The Kier molecular flexibility index (Phi) is 5.84. The maximum Gasteiger partial charge on any atom is 0.0996 e. The molecule has 20 heavy (non-hydrogen) atoms. The second-order valence-electron chi connectivity index (χ2n) is 5.64. The number of nitrogens with zero attached hydrogens (tertiary/aromatic N) is 3. The van der Waals surface area contributed by atoms with Gasteiger partial charge in [-0.3, -0.25) is 4.68 Å². The van der Waals surface area contributed by atoms with Crippen molar-refractivity contribution in [2.45, 2.75) is 44.4 Å². The lowest BCUT2D eigenvalue weighted by molar-refractivity contribution is -0.0171. The highest BCUT2D eigenvalue weighted by Gasteiger charge is 2.24. The van der Waals surface area contributed by atoms with Crippen molar-refractivity contribution in [3.8, 4) is 0 Å². The normalized spacial score (nSPS) is 21.4. The van der Waals surface area contributed by atoms with E-state index in [9.17, 15) is 5.11 Å². The van der Waals surface area contributed by atoms with Crippen molar-refractivity contribution in [2.75, 3.05) is 27.2 Å². The quantitative estimate of drug-likeness (QED) is 0.874. The molecule has 2 unspecified atom stereocenters. The lowest BCUT2D eigenvalue weighted by atomic mass is 10.0. The maximum absolute atomic E-state index is 10.4. The van der Waals surface area contributed by atoms with Crippen LogP contribution in [0, 0.1) is 0 Å². The third-order valence-corrected chi connectivity index (χ3v) is 3.96. The van der Waals surface area contributed by atoms with Crippen LogP contribution in [-0.2, 0) is 11.3 Å². The molecule has 0 radical (unpaired) electrons. The molecule has 114 valence electrons. The summed E-state index contributed by atoms with van der Waals surface area (Å²) in [6, 6.07) is 0. The van der Waals surface area contributed by atoms with Gasteiger partial charge in [-0.05, 0) is 33.4 Å². The maximum atomic E-state index is 10.4. The van der Waals surface area contributed by atoms with Gasteiger partial charge < -0.3 is 14.7 Å². The summed E-state index contributed by atoms with van der Waals surface area (Å²) in [5.74, 6) is 0. The van der Waals surface area contributed by atoms with Crippen LogP contribution < -0.4 is 0 Å². The van der Waals surface area contributed by atoms with Gasteiger partial charge in [-0.1, -0.05) is 11.6 Å². The van der Waals surface area contributed by atoms with Crippen LogP contribution in [0.1, 0.15) is 37.5 Å². The molecule has 1 aliphatic rings. The SMILES string of the molecule is CN(C)CCn1ncc(Cl)c1C(O)CC1CCCCO1. The van der Waals surface area contributed by atoms with Gasteiger partial charge in [0.25, 0.3) is 0 Å². The average Bonchev–Trinajstić information content (AvgIpc) is 2.78. The zero-order valence-corrected chi connectivity index (χ0v) is 13.0. The van der Waals surface area contributed by atoms with E-state index in [1.807, 2.05) is 14.1 Å². The number of aromatic nitrogens is 2. The van der Waals surface area contributed by atoms with E-state index in [0.717, 1.165) is 32.5 Å². The molecule has 0 saturated carbocycles. The molecule has 0 bridgehead atoms. The molecule has 1 aliphatic heterocycles. The van der Waals surface area contributed by atoms with E-state index in [1.54, 1.807) is 10.9 Å². The van der Waals surface area contributed by atoms with Crippen molar-refractivity contribution in [2.24, 2.45) is 0 Å². The van der Waals surface area contributed by atoms with Crippen LogP contribution in [0.25, 0.3) is 0 Å². The molecule has 0 amide bonds. The number of rotatable bonds is 6. The predicted octanol–water partition coefficient (Wildman–Crippen LogP) is 2.09. The molecule has 2 rings (SSSR count). The number of aliphatic hydroxyl groups is 1. The summed E-state index contributed by atoms with van der Waals surface area (Å²) >= 11 is 6.18. The summed E-state index contributed by atoms with van der Waals surface area (Å²) in [6.07, 6.45) is 5.02. The largest absolute Gasteiger partial charge is 0.387 e. The van der Waals surface area contributed by atoms with Crippen molar-refractivity contribution in [3.05, 3.63) is 16.9 Å². The van der Waals surface area contributed by atoms with Crippen molar-refractivity contribution in [1.82, 2.24) is 14.7 Å². The van der Waals surface area contributed by atoms with E-state index in [4.69, 9.17) is 16.3 Å². The fourth-order valence-electron chi connectivity index (χ4n) is 2.53. The third-order valence-electron chi connectivity index (χ3n) is 3.67. The summed E-state index contributed by atoms with van der Waals surface area (Å²) in [5, 5.41) is 15.2. The molecule has 0 aromatic carbocycles. The summed E-state index contributed by atoms with van der Waals surface area (Å²) in [4.78, 5) is 2.08. The molecule has 1 aromatic rings. The molecule has 6 heteroatoms. The van der Waals surface area contributed by atoms with Gasteiger partial charge in [0.2, 0.25) is 0 Å². The molecule has 1 N–H and O–H groups in total. The highest BCUT2D eigenvalue weighted by Crippen LogP contribution is 2.29. The first-order chi connectivity index (χ1) is 9.58. The lowest BCUT2D eigenvalue weighted by Crippen LogP contribution is -2.24. The minimum absolute atomic E-state index is 0.131. The Bertz CT molecular complexity index is 417. The van der Waals surface area contributed by atoms with E-state index >= 15 is 0 Å². The lowest BCUT2D eigenvalue weighted by Gasteiger charge is -2.25. The van der Waals surface area contributed by atoms with E-state index in [0.29, 0.717) is 17.1 Å². The van der Waals surface area contributed by atoms with Crippen LogP contribution in [0.15, 0.2) is 6.20 Å². The van der Waals surface area contributed by atoms with Gasteiger partial charge in [0.15, 0.2) is 0 Å². The number of hydrogen-bond acceptors (Lipinski definition) is 4. The highest BCUT2D eigenvalue weighted by atomic mass is 35.5. The number of hydrogen-bond donors (Lipinski definition) is 1. The molecule has 0 spiro atoms. The molecule has 2 heterocycles. The third kappa shape index (κ3) is 4.19. The summed E-state index contributed by atoms with van der Waals surface area (Å²) in [7, 11) is 4.02. The molecule has 1 saturated heterocycles. The van der Waals surface area contributed by atoms with Crippen LogP contribution >= 0.6 is 11.6 Å². The first-order valence-corrected chi connectivity index (χ1v) is 7.61. The Morgan fingerprint density at radius 1 is 1.55 bits per heavy atom. The number of ether oxygens (including phenoxy) is 1. The second kappa shape index (κ2) is 7.41. The summed E-state index contributed by atoms with van der Waals surface area (Å²) in [5.41, 5.74) is 0.711. The molecule has 2 atom stereocenters. The first-order valence-electron chi connectivity index (χ1n) is 7.23. The highest BCUT2D eigenvalue weighted by molar-refractivity contribution is 6.31. The van der Waals surface area contributed by atoms with Crippen molar-refractivity contribution >= 4 is 11.6 Å². The monoisotopic (exact) mass is 301 g/mol. The second-order valence-corrected chi connectivity index (χ2v) is 6.05. The summed E-state index contributed by atoms with van der Waals surface area (Å²) in [6.45, 7) is 2.38. The number of aliphatic hydroxyl groups excluding tert-OH is 1. The van der Waals surface area contributed by atoms with Gasteiger partial charge in [0, 0.05) is 19.6 Å². The van der Waals surface area contributed by atoms with Crippen molar-refractivity contribution in [1.29, 1.82) is 0 Å². The van der Waals surface area contributed by atoms with Crippen LogP contribution in [-0.4, -0.2) is 53.1 Å². The Morgan fingerprint density at radius 3 is 3.00 bits per heavy atom. The van der Waals surface area contributed by atoms with Gasteiger partial charge in [-0.15, -0.1) is 0 Å². The van der Waals surface area contributed by atoms with Crippen LogP contribution in [0.2, 0.25) is 5.02 Å². The van der Waals surface area contributed by atoms with E-state index in [1.165, 1.54) is 6.42 Å². The first kappa shape index (κ1) is 15.8. The van der Waals surface area contributed by atoms with Crippen LogP contribution in [0.4, 0.5) is 0 Å². The Morgan fingerprint density at radius 2 is 2.35 bits per heavy atom. The molecular formula is C14H24ClN3O2. The van der Waals surface area contributed by atoms with Crippen LogP contribution in [0.3, 0.4) is 0 Å². The van der Waals surface area contributed by atoms with Gasteiger partial charge >= 0.3 is 0 Å². The van der Waals surface area contributed by atoms with Crippen molar-refractivity contribution in [3.63, 3.8) is 0 Å². The molecule has 1 aromatic heterocycles. The molecular weight excluding hydrogens is 278 g/mol. The van der Waals surface area contributed by atoms with Gasteiger partial charge in [-0.2, -0.15) is 5.10 Å². The van der Waals surface area contributed by atoms with E-state index < -0.39 is 6.10 Å². The zero-order chi connectivity index (χ0) is 14.5. The Hall–Kier alpha value is -0.620. The molecule has 0 aliphatic carbocycles. The van der Waals surface area contributed by atoms with Gasteiger partial charge in [-0.25, -0.2) is 0 Å². The smallest absolute Gasteiger partial charge is 0.0996 e. The van der Waals surface area contributed by atoms with Gasteiger partial charge in [0.1, 0.15) is 0 Å². The topological polar surface area (TPSA) is 50.5 Å². The standard InChI is InChI=1S/C14H24ClN3O2/c1-17(2)6-7-18-14(12(15)10-16-18)13(19)9-11-5-3-4-8-20-11/h10-11,13,19H,3-9H2,1-2H3. The van der Waals surface area contributed by atoms with Gasteiger partial charge in [0.05, 0.1) is 35.7 Å². The average molecular weight is 302 g/mol. The number of halogens is 1. The fraction of sp³-hybridized carbons (Fsp3) is 0.786. The molecule has 5 nitrogen and oxygen atoms in total.